The van der Waals surface area contributed by atoms with E-state index in [2.05, 4.69) is 40.3 Å². The molecular weight excluding hydrogens is 334 g/mol. The fourth-order valence-corrected chi connectivity index (χ4v) is 2.97. The topological polar surface area (TPSA) is 45.2 Å². The molecule has 0 bridgehead atoms. The molecular formula is C23H25N3O. The summed E-state index contributed by atoms with van der Waals surface area (Å²) in [6.07, 6.45) is 1.65. The number of amides is 1. The van der Waals surface area contributed by atoms with Crippen molar-refractivity contribution in [1.82, 2.24) is 10.3 Å². The van der Waals surface area contributed by atoms with Crippen molar-refractivity contribution in [1.29, 1.82) is 0 Å². The molecule has 1 N–H and O–H groups in total. The number of benzene rings is 2. The molecule has 4 heteroatoms. The zero-order valence-corrected chi connectivity index (χ0v) is 15.9. The van der Waals surface area contributed by atoms with E-state index < -0.39 is 0 Å². The summed E-state index contributed by atoms with van der Waals surface area (Å²) in [7, 11) is 0. The lowest BCUT2D eigenvalue weighted by atomic mass is 10.1. The van der Waals surface area contributed by atoms with Crippen LogP contribution in [0, 0.1) is 6.92 Å². The molecule has 3 aromatic rings. The molecule has 0 atom stereocenters. The number of pyridine rings is 1. The number of carbonyl (C=O) groups excluding carboxylic acids is 1. The van der Waals surface area contributed by atoms with Gasteiger partial charge in [-0.2, -0.15) is 0 Å². The van der Waals surface area contributed by atoms with Gasteiger partial charge >= 0.3 is 0 Å². The number of aryl methyl sites for hydroxylation is 1. The summed E-state index contributed by atoms with van der Waals surface area (Å²) in [5, 5.41) is 2.95. The summed E-state index contributed by atoms with van der Waals surface area (Å²) in [6, 6.07) is 22.2. The summed E-state index contributed by atoms with van der Waals surface area (Å²) in [4.78, 5) is 19.1. The lowest BCUT2D eigenvalue weighted by Crippen LogP contribution is -2.25. The summed E-state index contributed by atoms with van der Waals surface area (Å²) in [5.41, 5.74) is 4.09. The van der Waals surface area contributed by atoms with Gasteiger partial charge in [0.15, 0.2) is 0 Å². The van der Waals surface area contributed by atoms with E-state index in [1.54, 1.807) is 6.20 Å². The van der Waals surface area contributed by atoms with E-state index in [1.807, 2.05) is 55.5 Å². The number of hydrogen-bond donors (Lipinski definition) is 1. The average molecular weight is 359 g/mol. The van der Waals surface area contributed by atoms with Crippen LogP contribution in [0.15, 0.2) is 72.9 Å². The quantitative estimate of drug-likeness (QED) is 0.682. The minimum Gasteiger partial charge on any atom is -0.353 e. The number of nitrogens with one attached hydrogen (secondary N) is 1. The second-order valence-electron chi connectivity index (χ2n) is 6.58. The van der Waals surface area contributed by atoms with Crippen LogP contribution in [-0.2, 0) is 13.1 Å². The Morgan fingerprint density at radius 3 is 2.44 bits per heavy atom. The lowest BCUT2D eigenvalue weighted by Gasteiger charge is -2.22. The number of carbonyl (C=O) groups is 1. The van der Waals surface area contributed by atoms with Crippen LogP contribution in [0.1, 0.15) is 34.0 Å². The van der Waals surface area contributed by atoms with E-state index in [-0.39, 0.29) is 5.91 Å². The number of hydrogen-bond acceptors (Lipinski definition) is 3. The molecule has 138 valence electrons. The predicted molar refractivity (Wildman–Crippen MR) is 110 cm³/mol. The summed E-state index contributed by atoms with van der Waals surface area (Å²) >= 11 is 0. The van der Waals surface area contributed by atoms with Crippen molar-refractivity contribution in [2.45, 2.75) is 26.9 Å². The van der Waals surface area contributed by atoms with Crippen LogP contribution >= 0.6 is 0 Å². The molecule has 1 amide bonds. The highest BCUT2D eigenvalue weighted by Gasteiger charge is 2.10. The molecule has 1 heterocycles. The summed E-state index contributed by atoms with van der Waals surface area (Å²) in [5.74, 6) is 0.762. The standard InChI is InChI=1S/C23H25N3O/c1-3-26(17-19-9-5-4-6-10-19)22-13-12-21(16-24-22)23(27)25-15-20-11-7-8-18(2)14-20/h4-14,16H,3,15,17H2,1-2H3,(H,25,27). The molecule has 0 saturated carbocycles. The van der Waals surface area contributed by atoms with Gasteiger partial charge in [0.1, 0.15) is 5.82 Å². The fourth-order valence-electron chi connectivity index (χ4n) is 2.97. The number of nitrogens with zero attached hydrogens (tertiary/aromatic N) is 2. The van der Waals surface area contributed by atoms with Crippen LogP contribution < -0.4 is 10.2 Å². The van der Waals surface area contributed by atoms with Gasteiger partial charge in [-0.1, -0.05) is 60.2 Å². The molecule has 1 aromatic heterocycles. The monoisotopic (exact) mass is 359 g/mol. The second-order valence-corrected chi connectivity index (χ2v) is 6.58. The van der Waals surface area contributed by atoms with Gasteiger partial charge < -0.3 is 10.2 Å². The molecule has 0 aliphatic heterocycles. The Hall–Kier alpha value is -3.14. The van der Waals surface area contributed by atoms with Crippen LogP contribution in [0.3, 0.4) is 0 Å². The molecule has 0 radical (unpaired) electrons. The maximum absolute atomic E-state index is 12.4. The average Bonchev–Trinajstić information content (AvgIpc) is 2.71. The highest BCUT2D eigenvalue weighted by atomic mass is 16.1. The van der Waals surface area contributed by atoms with Gasteiger partial charge in [-0.15, -0.1) is 0 Å². The van der Waals surface area contributed by atoms with Gasteiger partial charge in [-0.25, -0.2) is 4.98 Å². The summed E-state index contributed by atoms with van der Waals surface area (Å²) in [6.45, 7) is 6.30. The Bertz CT molecular complexity index is 876. The fraction of sp³-hybridized carbons (Fsp3) is 0.217. The van der Waals surface area contributed by atoms with Gasteiger partial charge in [-0.05, 0) is 37.1 Å². The Kier molecular flexibility index (Phi) is 6.21. The zero-order chi connectivity index (χ0) is 19.1. The predicted octanol–water partition coefficient (Wildman–Crippen LogP) is 4.35. The minimum absolute atomic E-state index is 0.110. The molecule has 0 unspecified atom stereocenters. The van der Waals surface area contributed by atoms with E-state index in [0.717, 1.165) is 24.5 Å². The molecule has 0 saturated heterocycles. The second kappa shape index (κ2) is 8.99. The first-order valence-corrected chi connectivity index (χ1v) is 9.24. The highest BCUT2D eigenvalue weighted by molar-refractivity contribution is 5.94. The maximum atomic E-state index is 12.4. The highest BCUT2D eigenvalue weighted by Crippen LogP contribution is 2.15. The first-order chi connectivity index (χ1) is 13.2. The normalized spacial score (nSPS) is 10.4. The van der Waals surface area contributed by atoms with E-state index >= 15 is 0 Å². The Labute approximate surface area is 160 Å². The molecule has 0 fully saturated rings. The van der Waals surface area contributed by atoms with Gasteiger partial charge in [0, 0.05) is 25.8 Å². The first kappa shape index (κ1) is 18.6. The molecule has 2 aromatic carbocycles. The molecule has 4 nitrogen and oxygen atoms in total. The van der Waals surface area contributed by atoms with Crippen LogP contribution in [0.2, 0.25) is 0 Å². The Balaban J connectivity index is 1.62. The zero-order valence-electron chi connectivity index (χ0n) is 15.9. The van der Waals surface area contributed by atoms with E-state index in [1.165, 1.54) is 11.1 Å². The van der Waals surface area contributed by atoms with Gasteiger partial charge in [0.05, 0.1) is 5.56 Å². The van der Waals surface area contributed by atoms with Gasteiger partial charge in [0.2, 0.25) is 0 Å². The van der Waals surface area contributed by atoms with Gasteiger partial charge in [0.25, 0.3) is 5.91 Å². The van der Waals surface area contributed by atoms with Crippen molar-refractivity contribution in [3.8, 4) is 0 Å². The largest absolute Gasteiger partial charge is 0.353 e. The number of anilines is 1. The van der Waals surface area contributed by atoms with E-state index in [4.69, 9.17) is 0 Å². The van der Waals surface area contributed by atoms with E-state index in [9.17, 15) is 4.79 Å². The lowest BCUT2D eigenvalue weighted by molar-refractivity contribution is 0.0950. The Morgan fingerprint density at radius 1 is 1.00 bits per heavy atom. The smallest absolute Gasteiger partial charge is 0.253 e. The third-order valence-electron chi connectivity index (χ3n) is 4.47. The number of aromatic nitrogens is 1. The van der Waals surface area contributed by atoms with E-state index in [0.29, 0.717) is 12.1 Å². The third-order valence-corrected chi connectivity index (χ3v) is 4.47. The SMILES string of the molecule is CCN(Cc1ccccc1)c1ccc(C(=O)NCc2cccc(C)c2)cn1. The molecule has 0 aliphatic rings. The van der Waals surface area contributed by atoms with Crippen LogP contribution in [0.4, 0.5) is 5.82 Å². The van der Waals surface area contributed by atoms with Crippen molar-refractivity contribution in [3.63, 3.8) is 0 Å². The van der Waals surface area contributed by atoms with Crippen molar-refractivity contribution >= 4 is 11.7 Å². The number of rotatable bonds is 7. The van der Waals surface area contributed by atoms with Crippen LogP contribution in [-0.4, -0.2) is 17.4 Å². The van der Waals surface area contributed by atoms with Crippen molar-refractivity contribution in [2.75, 3.05) is 11.4 Å². The van der Waals surface area contributed by atoms with Crippen molar-refractivity contribution < 1.29 is 4.79 Å². The maximum Gasteiger partial charge on any atom is 0.253 e. The third kappa shape index (κ3) is 5.17. The van der Waals surface area contributed by atoms with Crippen molar-refractivity contribution in [2.24, 2.45) is 0 Å². The van der Waals surface area contributed by atoms with Crippen LogP contribution in [0.25, 0.3) is 0 Å². The molecule has 0 aliphatic carbocycles. The first-order valence-electron chi connectivity index (χ1n) is 9.24. The Morgan fingerprint density at radius 2 is 1.78 bits per heavy atom. The molecule has 0 spiro atoms. The molecule has 27 heavy (non-hydrogen) atoms. The van der Waals surface area contributed by atoms with Crippen molar-refractivity contribution in [3.05, 3.63) is 95.2 Å². The van der Waals surface area contributed by atoms with Crippen LogP contribution in [0.5, 0.6) is 0 Å². The van der Waals surface area contributed by atoms with Gasteiger partial charge in [-0.3, -0.25) is 4.79 Å². The summed E-state index contributed by atoms with van der Waals surface area (Å²) < 4.78 is 0. The minimum atomic E-state index is -0.110. The molecule has 3 rings (SSSR count).